The van der Waals surface area contributed by atoms with E-state index in [1.54, 1.807) is 20.3 Å². The Labute approximate surface area is 174 Å². The van der Waals surface area contributed by atoms with Crippen molar-refractivity contribution in [3.63, 3.8) is 0 Å². The van der Waals surface area contributed by atoms with Crippen molar-refractivity contribution in [1.29, 1.82) is 0 Å². The molecule has 3 rings (SSSR count). The summed E-state index contributed by atoms with van der Waals surface area (Å²) < 4.78 is 11.7. The molecule has 0 saturated heterocycles. The highest BCUT2D eigenvalue weighted by Gasteiger charge is 2.04. The fourth-order valence-electron chi connectivity index (χ4n) is 2.76. The van der Waals surface area contributed by atoms with E-state index in [2.05, 4.69) is 10.3 Å². The first kappa shape index (κ1) is 20.9. The Hall–Kier alpha value is -3.87. The van der Waals surface area contributed by atoms with Gasteiger partial charge >= 0.3 is 0 Å². The summed E-state index contributed by atoms with van der Waals surface area (Å²) in [5, 5.41) is 2.76. The Bertz CT molecular complexity index is 1070. The summed E-state index contributed by atoms with van der Waals surface area (Å²) in [5.41, 5.74) is 2.13. The summed E-state index contributed by atoms with van der Waals surface area (Å²) in [4.78, 5) is 28.6. The molecule has 1 heterocycles. The first-order valence-corrected chi connectivity index (χ1v) is 9.40. The van der Waals surface area contributed by atoms with Crippen LogP contribution in [-0.4, -0.2) is 36.2 Å². The lowest BCUT2D eigenvalue weighted by Crippen LogP contribution is -2.29. The topological polar surface area (TPSA) is 82.4 Å². The normalized spacial score (nSPS) is 10.7. The van der Waals surface area contributed by atoms with Gasteiger partial charge in [0.15, 0.2) is 0 Å². The van der Waals surface area contributed by atoms with Crippen molar-refractivity contribution in [2.75, 3.05) is 20.8 Å². The first-order valence-electron chi connectivity index (χ1n) is 9.40. The molecule has 0 aliphatic heterocycles. The van der Waals surface area contributed by atoms with E-state index in [1.807, 2.05) is 48.5 Å². The maximum Gasteiger partial charge on any atom is 0.253 e. The van der Waals surface area contributed by atoms with Crippen molar-refractivity contribution in [1.82, 2.24) is 14.9 Å². The molecule has 154 valence electrons. The Morgan fingerprint density at radius 3 is 2.27 bits per heavy atom. The van der Waals surface area contributed by atoms with E-state index in [4.69, 9.17) is 9.47 Å². The van der Waals surface area contributed by atoms with E-state index in [0.29, 0.717) is 18.8 Å². The van der Waals surface area contributed by atoms with Crippen molar-refractivity contribution < 1.29 is 14.3 Å². The minimum Gasteiger partial charge on any atom is -0.497 e. The van der Waals surface area contributed by atoms with Crippen LogP contribution < -0.4 is 20.3 Å². The maximum absolute atomic E-state index is 12.3. The predicted octanol–water partition coefficient (Wildman–Crippen LogP) is 2.76. The zero-order valence-corrected chi connectivity index (χ0v) is 16.9. The van der Waals surface area contributed by atoms with Gasteiger partial charge < -0.3 is 14.8 Å². The number of carbonyl (C=O) groups excluding carboxylic acids is 1. The van der Waals surface area contributed by atoms with Gasteiger partial charge in [0, 0.05) is 30.8 Å². The SMILES string of the molecule is COc1ccc(/C=C/C(=O)NCCn2cnc(-c3ccc(OC)cc3)cc2=O)cc1. The predicted molar refractivity (Wildman–Crippen MR) is 116 cm³/mol. The van der Waals surface area contributed by atoms with Gasteiger partial charge in [-0.3, -0.25) is 14.2 Å². The van der Waals surface area contributed by atoms with Gasteiger partial charge in [0.2, 0.25) is 5.91 Å². The van der Waals surface area contributed by atoms with Gasteiger partial charge in [-0.15, -0.1) is 0 Å². The second kappa shape index (κ2) is 10.1. The summed E-state index contributed by atoms with van der Waals surface area (Å²) in [6.45, 7) is 0.645. The summed E-state index contributed by atoms with van der Waals surface area (Å²) >= 11 is 0. The van der Waals surface area contributed by atoms with Gasteiger partial charge in [0.25, 0.3) is 5.56 Å². The molecule has 0 atom stereocenters. The Balaban J connectivity index is 1.53. The molecular weight excluding hydrogens is 382 g/mol. The van der Waals surface area contributed by atoms with Crippen LogP contribution in [0.25, 0.3) is 17.3 Å². The number of rotatable bonds is 8. The molecule has 7 heteroatoms. The summed E-state index contributed by atoms with van der Waals surface area (Å²) in [7, 11) is 3.20. The van der Waals surface area contributed by atoms with Crippen molar-refractivity contribution in [2.45, 2.75) is 6.54 Å². The second-order valence-electron chi connectivity index (χ2n) is 6.43. The minimum atomic E-state index is -0.235. The summed E-state index contributed by atoms with van der Waals surface area (Å²) in [5.74, 6) is 1.26. The highest BCUT2D eigenvalue weighted by molar-refractivity contribution is 5.91. The first-order chi connectivity index (χ1) is 14.6. The molecule has 0 spiro atoms. The van der Waals surface area contributed by atoms with E-state index >= 15 is 0 Å². The average molecular weight is 405 g/mol. The van der Waals surface area contributed by atoms with Gasteiger partial charge in [0.05, 0.1) is 26.2 Å². The van der Waals surface area contributed by atoms with Crippen LogP contribution in [-0.2, 0) is 11.3 Å². The monoisotopic (exact) mass is 405 g/mol. The number of carbonyl (C=O) groups is 1. The van der Waals surface area contributed by atoms with E-state index in [1.165, 1.54) is 23.0 Å². The molecule has 7 nitrogen and oxygen atoms in total. The van der Waals surface area contributed by atoms with Crippen LogP contribution in [0.4, 0.5) is 0 Å². The zero-order chi connectivity index (χ0) is 21.3. The molecule has 0 bridgehead atoms. The van der Waals surface area contributed by atoms with E-state index in [0.717, 1.165) is 22.6 Å². The molecule has 30 heavy (non-hydrogen) atoms. The number of benzene rings is 2. The van der Waals surface area contributed by atoms with E-state index < -0.39 is 0 Å². The molecule has 0 aliphatic rings. The van der Waals surface area contributed by atoms with Crippen LogP contribution in [0.2, 0.25) is 0 Å². The number of aromatic nitrogens is 2. The average Bonchev–Trinajstić information content (AvgIpc) is 2.79. The number of nitrogens with zero attached hydrogens (tertiary/aromatic N) is 2. The maximum atomic E-state index is 12.3. The van der Waals surface area contributed by atoms with Crippen molar-refractivity contribution in [2.24, 2.45) is 0 Å². The third-order valence-corrected chi connectivity index (χ3v) is 4.46. The van der Waals surface area contributed by atoms with Crippen LogP contribution >= 0.6 is 0 Å². The van der Waals surface area contributed by atoms with Crippen molar-refractivity contribution >= 4 is 12.0 Å². The molecule has 0 radical (unpaired) electrons. The number of amides is 1. The third-order valence-electron chi connectivity index (χ3n) is 4.46. The number of hydrogen-bond acceptors (Lipinski definition) is 5. The molecule has 1 N–H and O–H groups in total. The van der Waals surface area contributed by atoms with E-state index in [-0.39, 0.29) is 11.5 Å². The Kier molecular flexibility index (Phi) is 7.00. The molecule has 3 aromatic rings. The minimum absolute atomic E-state index is 0.182. The molecule has 0 saturated carbocycles. The van der Waals surface area contributed by atoms with E-state index in [9.17, 15) is 9.59 Å². The molecule has 1 amide bonds. The van der Waals surface area contributed by atoms with Crippen LogP contribution in [0.3, 0.4) is 0 Å². The lowest BCUT2D eigenvalue weighted by Gasteiger charge is -2.07. The number of hydrogen-bond donors (Lipinski definition) is 1. The van der Waals surface area contributed by atoms with Crippen LogP contribution in [0, 0.1) is 0 Å². The number of methoxy groups -OCH3 is 2. The largest absolute Gasteiger partial charge is 0.497 e. The highest BCUT2D eigenvalue weighted by atomic mass is 16.5. The van der Waals surface area contributed by atoms with Crippen LogP contribution in [0.1, 0.15) is 5.56 Å². The Morgan fingerprint density at radius 2 is 1.67 bits per heavy atom. The van der Waals surface area contributed by atoms with Gasteiger partial charge in [-0.05, 0) is 48.0 Å². The number of ether oxygens (including phenoxy) is 2. The molecule has 0 fully saturated rings. The summed E-state index contributed by atoms with van der Waals surface area (Å²) in [6.07, 6.45) is 4.66. The van der Waals surface area contributed by atoms with Crippen LogP contribution in [0.15, 0.2) is 71.8 Å². The standard InChI is InChI=1S/C23H23N3O4/c1-29-19-8-3-17(4-9-19)5-12-22(27)24-13-14-26-16-25-21(15-23(26)28)18-6-10-20(30-2)11-7-18/h3-12,15-16H,13-14H2,1-2H3,(H,24,27)/b12-5+. The van der Waals surface area contributed by atoms with Crippen molar-refractivity contribution in [3.05, 3.63) is 82.9 Å². The smallest absolute Gasteiger partial charge is 0.253 e. The number of nitrogens with one attached hydrogen (secondary N) is 1. The van der Waals surface area contributed by atoms with Gasteiger partial charge in [-0.25, -0.2) is 4.98 Å². The quantitative estimate of drug-likeness (QED) is 0.583. The molecular formula is C23H23N3O4. The van der Waals surface area contributed by atoms with Gasteiger partial charge in [-0.2, -0.15) is 0 Å². The lowest BCUT2D eigenvalue weighted by molar-refractivity contribution is -0.116. The van der Waals surface area contributed by atoms with Crippen LogP contribution in [0.5, 0.6) is 11.5 Å². The zero-order valence-electron chi connectivity index (χ0n) is 16.9. The molecule has 0 aliphatic carbocycles. The molecule has 0 unspecified atom stereocenters. The van der Waals surface area contributed by atoms with Gasteiger partial charge in [-0.1, -0.05) is 12.1 Å². The molecule has 1 aromatic heterocycles. The highest BCUT2D eigenvalue weighted by Crippen LogP contribution is 2.19. The summed E-state index contributed by atoms with van der Waals surface area (Å²) in [6, 6.07) is 16.2. The van der Waals surface area contributed by atoms with Gasteiger partial charge in [0.1, 0.15) is 11.5 Å². The fourth-order valence-corrected chi connectivity index (χ4v) is 2.76. The fraction of sp³-hybridized carbons (Fsp3) is 0.174. The third kappa shape index (κ3) is 5.57. The Morgan fingerprint density at radius 1 is 1.03 bits per heavy atom. The molecule has 2 aromatic carbocycles. The van der Waals surface area contributed by atoms with Crippen molar-refractivity contribution in [3.8, 4) is 22.8 Å². The second-order valence-corrected chi connectivity index (χ2v) is 6.43. The lowest BCUT2D eigenvalue weighted by atomic mass is 10.1.